The van der Waals surface area contributed by atoms with E-state index in [-0.39, 0.29) is 11.5 Å². The van der Waals surface area contributed by atoms with Gasteiger partial charge in [-0.1, -0.05) is 6.07 Å². The second kappa shape index (κ2) is 7.13. The minimum Gasteiger partial charge on any atom is -0.506 e. The van der Waals surface area contributed by atoms with Crippen molar-refractivity contribution in [2.75, 3.05) is 26.2 Å². The van der Waals surface area contributed by atoms with E-state index in [9.17, 15) is 5.11 Å². The fourth-order valence-electron chi connectivity index (χ4n) is 3.18. The number of likely N-dealkylation sites (tertiary alicyclic amines) is 1. The standard InChI is InChI=1S/C19H21N5O2/c20-14-6-7-15(17(25)13-14)21-18-16-5-1-2-10-24(16)22-19(18)26-12-11-23-8-3-4-9-23/h1-2,5-7,10,13,20,25H,3-4,8-9,11-12H2/b20-14?,21-15+. The van der Waals surface area contributed by atoms with Gasteiger partial charge in [0.2, 0.25) is 0 Å². The number of pyridine rings is 1. The molecule has 7 heteroatoms. The van der Waals surface area contributed by atoms with Gasteiger partial charge in [-0.25, -0.2) is 9.51 Å². The van der Waals surface area contributed by atoms with Gasteiger partial charge < -0.3 is 15.3 Å². The van der Waals surface area contributed by atoms with E-state index in [0.29, 0.717) is 23.9 Å². The minimum atomic E-state index is -0.0317. The van der Waals surface area contributed by atoms with Gasteiger partial charge in [0.1, 0.15) is 18.1 Å². The number of hydrogen-bond acceptors (Lipinski definition) is 6. The van der Waals surface area contributed by atoms with Gasteiger partial charge in [-0.05, 0) is 50.2 Å². The van der Waals surface area contributed by atoms with Crippen molar-refractivity contribution in [1.82, 2.24) is 14.5 Å². The number of nitrogens with zero attached hydrogens (tertiary/aromatic N) is 4. The lowest BCUT2D eigenvalue weighted by Crippen LogP contribution is -2.25. The summed E-state index contributed by atoms with van der Waals surface area (Å²) >= 11 is 0. The van der Waals surface area contributed by atoms with E-state index in [1.165, 1.54) is 18.9 Å². The SMILES string of the molecule is N=C1C=C/C(=N\c2c(OCCN3CCCC3)nn3ccccc23)C(O)=C1. The van der Waals surface area contributed by atoms with E-state index < -0.39 is 0 Å². The fourth-order valence-corrected chi connectivity index (χ4v) is 3.18. The van der Waals surface area contributed by atoms with Gasteiger partial charge in [0.05, 0.1) is 11.2 Å². The zero-order valence-electron chi connectivity index (χ0n) is 14.4. The van der Waals surface area contributed by atoms with Crippen LogP contribution in [-0.4, -0.2) is 57.3 Å². The van der Waals surface area contributed by atoms with Crippen LogP contribution in [0.1, 0.15) is 12.8 Å². The monoisotopic (exact) mass is 351 g/mol. The maximum absolute atomic E-state index is 10.1. The van der Waals surface area contributed by atoms with Crippen molar-refractivity contribution in [2.24, 2.45) is 4.99 Å². The van der Waals surface area contributed by atoms with E-state index in [0.717, 1.165) is 25.2 Å². The molecule has 134 valence electrons. The Hall–Kier alpha value is -2.93. The molecule has 7 nitrogen and oxygen atoms in total. The Labute approximate surface area is 151 Å². The highest BCUT2D eigenvalue weighted by atomic mass is 16.5. The van der Waals surface area contributed by atoms with Crippen LogP contribution in [0.2, 0.25) is 0 Å². The third-order valence-corrected chi connectivity index (χ3v) is 4.54. The number of rotatable bonds is 5. The number of ether oxygens (including phenoxy) is 1. The molecule has 0 unspecified atom stereocenters. The molecule has 3 heterocycles. The van der Waals surface area contributed by atoms with Crippen molar-refractivity contribution in [3.8, 4) is 5.88 Å². The van der Waals surface area contributed by atoms with Gasteiger partial charge in [-0.15, -0.1) is 5.10 Å². The zero-order valence-corrected chi connectivity index (χ0v) is 14.4. The lowest BCUT2D eigenvalue weighted by atomic mass is 10.1. The molecule has 1 saturated heterocycles. The normalized spacial score (nSPS) is 19.5. The summed E-state index contributed by atoms with van der Waals surface area (Å²) < 4.78 is 7.66. The van der Waals surface area contributed by atoms with Crippen molar-refractivity contribution in [2.45, 2.75) is 12.8 Å². The van der Waals surface area contributed by atoms with Crippen molar-refractivity contribution < 1.29 is 9.84 Å². The third-order valence-electron chi connectivity index (χ3n) is 4.54. The summed E-state index contributed by atoms with van der Waals surface area (Å²) in [6.45, 7) is 3.66. The molecule has 0 aromatic carbocycles. The third kappa shape index (κ3) is 3.39. The van der Waals surface area contributed by atoms with Crippen LogP contribution in [0.3, 0.4) is 0 Å². The van der Waals surface area contributed by atoms with Crippen molar-refractivity contribution in [1.29, 1.82) is 5.41 Å². The molecule has 0 atom stereocenters. The van der Waals surface area contributed by atoms with Crippen molar-refractivity contribution in [3.05, 3.63) is 48.4 Å². The molecule has 0 amide bonds. The van der Waals surface area contributed by atoms with E-state index in [2.05, 4.69) is 15.0 Å². The Balaban J connectivity index is 1.62. The number of hydrogen-bond donors (Lipinski definition) is 2. The molecule has 0 radical (unpaired) electrons. The van der Waals surface area contributed by atoms with Crippen molar-refractivity contribution in [3.63, 3.8) is 0 Å². The molecule has 4 rings (SSSR count). The quantitative estimate of drug-likeness (QED) is 0.811. The van der Waals surface area contributed by atoms with E-state index in [1.54, 1.807) is 16.7 Å². The predicted octanol–water partition coefficient (Wildman–Crippen LogP) is 2.91. The van der Waals surface area contributed by atoms with Crippen LogP contribution in [0.4, 0.5) is 5.69 Å². The van der Waals surface area contributed by atoms with E-state index >= 15 is 0 Å². The Kier molecular flexibility index (Phi) is 4.53. The van der Waals surface area contributed by atoms with Crippen LogP contribution in [0, 0.1) is 5.41 Å². The number of allylic oxidation sites excluding steroid dienone is 3. The molecular weight excluding hydrogens is 330 g/mol. The Morgan fingerprint density at radius 1 is 1.23 bits per heavy atom. The molecule has 0 spiro atoms. The van der Waals surface area contributed by atoms with Gasteiger partial charge >= 0.3 is 0 Å². The summed E-state index contributed by atoms with van der Waals surface area (Å²) in [5.41, 5.74) is 2.02. The van der Waals surface area contributed by atoms with Gasteiger partial charge in [-0.2, -0.15) is 0 Å². The van der Waals surface area contributed by atoms with Gasteiger partial charge in [-0.3, -0.25) is 4.90 Å². The van der Waals surface area contributed by atoms with Crippen LogP contribution in [0.5, 0.6) is 5.88 Å². The molecule has 2 aliphatic rings. The summed E-state index contributed by atoms with van der Waals surface area (Å²) in [5.74, 6) is 0.417. The fraction of sp³-hybridized carbons (Fsp3) is 0.316. The van der Waals surface area contributed by atoms with Gasteiger partial charge in [0.25, 0.3) is 5.88 Å². The topological polar surface area (TPSA) is 86.2 Å². The van der Waals surface area contributed by atoms with Gasteiger partial charge in [0.15, 0.2) is 5.69 Å². The highest BCUT2D eigenvalue weighted by Gasteiger charge is 2.17. The first kappa shape index (κ1) is 16.5. The largest absolute Gasteiger partial charge is 0.506 e. The number of fused-ring (bicyclic) bond motifs is 1. The molecule has 1 fully saturated rings. The van der Waals surface area contributed by atoms with Crippen LogP contribution in [-0.2, 0) is 0 Å². The van der Waals surface area contributed by atoms with E-state index in [1.807, 2.05) is 24.4 Å². The number of aliphatic hydroxyl groups is 1. The highest BCUT2D eigenvalue weighted by molar-refractivity contribution is 6.20. The molecule has 2 N–H and O–H groups in total. The number of aromatic nitrogens is 2. The summed E-state index contributed by atoms with van der Waals surface area (Å²) in [7, 11) is 0. The van der Waals surface area contributed by atoms with Crippen LogP contribution in [0.15, 0.2) is 53.4 Å². The Morgan fingerprint density at radius 3 is 2.88 bits per heavy atom. The number of aliphatic hydroxyl groups excluding tert-OH is 1. The Bertz CT molecular complexity index is 919. The van der Waals surface area contributed by atoms with Crippen LogP contribution >= 0.6 is 0 Å². The summed E-state index contributed by atoms with van der Waals surface area (Å²) in [6, 6.07) is 5.72. The Morgan fingerprint density at radius 2 is 2.08 bits per heavy atom. The number of aliphatic imine (C=N–C) groups is 1. The summed E-state index contributed by atoms with van der Waals surface area (Å²) in [4.78, 5) is 6.95. The minimum absolute atomic E-state index is 0.0317. The predicted molar refractivity (Wildman–Crippen MR) is 101 cm³/mol. The molecule has 2 aromatic rings. The maximum atomic E-state index is 10.1. The average molecular weight is 351 g/mol. The van der Waals surface area contributed by atoms with E-state index in [4.69, 9.17) is 10.1 Å². The molecule has 1 aliphatic heterocycles. The first-order valence-electron chi connectivity index (χ1n) is 8.79. The highest BCUT2D eigenvalue weighted by Crippen LogP contribution is 2.32. The second-order valence-corrected chi connectivity index (χ2v) is 6.40. The van der Waals surface area contributed by atoms with Crippen molar-refractivity contribution >= 4 is 22.6 Å². The maximum Gasteiger partial charge on any atom is 0.260 e. The first-order chi connectivity index (χ1) is 12.7. The zero-order chi connectivity index (χ0) is 17.9. The first-order valence-corrected chi connectivity index (χ1v) is 8.79. The van der Waals surface area contributed by atoms with Crippen LogP contribution < -0.4 is 4.74 Å². The average Bonchev–Trinajstić information content (AvgIpc) is 3.26. The molecular formula is C19H21N5O2. The molecule has 2 aromatic heterocycles. The lowest BCUT2D eigenvalue weighted by Gasteiger charge is -2.14. The smallest absolute Gasteiger partial charge is 0.260 e. The summed E-state index contributed by atoms with van der Waals surface area (Å²) in [6.07, 6.45) is 8.93. The van der Waals surface area contributed by atoms with Crippen LogP contribution in [0.25, 0.3) is 5.52 Å². The molecule has 0 bridgehead atoms. The molecule has 26 heavy (non-hydrogen) atoms. The lowest BCUT2D eigenvalue weighted by molar-refractivity contribution is 0.232. The second-order valence-electron chi connectivity index (χ2n) is 6.40. The summed E-state index contributed by atoms with van der Waals surface area (Å²) in [5, 5.41) is 22.1. The number of nitrogens with one attached hydrogen (secondary N) is 1. The molecule has 1 aliphatic carbocycles. The molecule has 0 saturated carbocycles. The van der Waals surface area contributed by atoms with Gasteiger partial charge in [0, 0.05) is 18.8 Å².